The molecule has 0 saturated carbocycles. The Morgan fingerprint density at radius 2 is 2.24 bits per heavy atom. The third-order valence-electron chi connectivity index (χ3n) is 3.67. The van der Waals surface area contributed by atoms with Crippen molar-refractivity contribution in [2.75, 3.05) is 46.1 Å². The van der Waals surface area contributed by atoms with Gasteiger partial charge in [0.15, 0.2) is 5.03 Å². The van der Waals surface area contributed by atoms with Gasteiger partial charge in [-0.1, -0.05) is 18.7 Å². The Bertz CT molecular complexity index is 367. The number of nitrogens with zero attached hydrogens (tertiary/aromatic N) is 4. The maximum Gasteiger partial charge on any atom is 0.237 e. The Morgan fingerprint density at radius 1 is 1.52 bits per heavy atom. The molecule has 8 heteroatoms. The molecule has 1 fully saturated rings. The zero-order chi connectivity index (χ0) is 15.8. The predicted molar refractivity (Wildman–Crippen MR) is 86.2 cm³/mol. The molecular weight excluding hydrogens is 292 g/mol. The van der Waals surface area contributed by atoms with Gasteiger partial charge in [-0.2, -0.15) is 0 Å². The van der Waals surface area contributed by atoms with Gasteiger partial charge in [0.25, 0.3) is 0 Å². The van der Waals surface area contributed by atoms with Gasteiger partial charge < -0.3 is 14.5 Å². The quantitative estimate of drug-likeness (QED) is 0.307. The second-order valence-corrected chi connectivity index (χ2v) is 6.16. The average molecular weight is 318 g/mol. The predicted octanol–water partition coefficient (Wildman–Crippen LogP) is 1.58. The van der Waals surface area contributed by atoms with Gasteiger partial charge in [-0.25, -0.2) is 10.1 Å². The van der Waals surface area contributed by atoms with Gasteiger partial charge in [0.2, 0.25) is 5.17 Å². The highest BCUT2D eigenvalue weighted by atomic mass is 32.2. The minimum atomic E-state index is -0.642. The fourth-order valence-electron chi connectivity index (χ4n) is 2.51. The van der Waals surface area contributed by atoms with Crippen LogP contribution in [0.15, 0.2) is 5.10 Å². The highest BCUT2D eigenvalue weighted by Crippen LogP contribution is 2.20. The fraction of sp³-hybridized carbons (Fsp3) is 0.923. The molecule has 2 atom stereocenters. The second kappa shape index (κ2) is 9.22. The summed E-state index contributed by atoms with van der Waals surface area (Å²) in [6, 6.07) is 0. The Hall–Kier alpha value is -0.860. The highest BCUT2D eigenvalue weighted by Gasteiger charge is 2.23. The fourth-order valence-corrected chi connectivity index (χ4v) is 3.06. The largest absolute Gasteiger partial charge is 0.378 e. The van der Waals surface area contributed by atoms with Crippen LogP contribution >= 0.6 is 11.8 Å². The van der Waals surface area contributed by atoms with Crippen LogP contribution < -0.4 is 0 Å². The van der Waals surface area contributed by atoms with E-state index in [9.17, 15) is 10.1 Å². The lowest BCUT2D eigenvalue weighted by Crippen LogP contribution is -2.38. The molecule has 2 unspecified atom stereocenters. The molecular formula is C13H26N4O3S. The van der Waals surface area contributed by atoms with Crippen molar-refractivity contribution in [3.05, 3.63) is 10.1 Å². The molecule has 1 rings (SSSR count). The van der Waals surface area contributed by atoms with Gasteiger partial charge in [-0.05, 0) is 32.1 Å². The molecule has 0 amide bonds. The second-order valence-electron chi connectivity index (χ2n) is 5.38. The molecule has 1 saturated heterocycles. The molecule has 1 heterocycles. The van der Waals surface area contributed by atoms with Crippen LogP contribution in [0.2, 0.25) is 0 Å². The zero-order valence-electron chi connectivity index (χ0n) is 13.3. The molecule has 0 N–H and O–H groups in total. The van der Waals surface area contributed by atoms with Crippen LogP contribution in [0.5, 0.6) is 0 Å². The summed E-state index contributed by atoms with van der Waals surface area (Å²) in [4.78, 5) is 14.7. The van der Waals surface area contributed by atoms with Crippen molar-refractivity contribution in [2.24, 2.45) is 11.0 Å². The number of amidine groups is 1. The molecule has 0 bridgehead atoms. The van der Waals surface area contributed by atoms with Crippen molar-refractivity contribution in [1.82, 2.24) is 9.80 Å². The number of rotatable bonds is 7. The molecule has 122 valence electrons. The summed E-state index contributed by atoms with van der Waals surface area (Å²) in [5.41, 5.74) is 0. The van der Waals surface area contributed by atoms with E-state index in [0.717, 1.165) is 39.2 Å². The van der Waals surface area contributed by atoms with Crippen LogP contribution in [-0.2, 0) is 4.74 Å². The lowest BCUT2D eigenvalue weighted by molar-refractivity contribution is -0.485. The van der Waals surface area contributed by atoms with Crippen molar-refractivity contribution >= 4 is 16.9 Å². The number of hydrogen-bond donors (Lipinski definition) is 0. The van der Waals surface area contributed by atoms with Gasteiger partial charge in [0.05, 0.1) is 17.8 Å². The van der Waals surface area contributed by atoms with Gasteiger partial charge in [-0.3, -0.25) is 0 Å². The third kappa shape index (κ3) is 6.62. The van der Waals surface area contributed by atoms with E-state index < -0.39 is 5.03 Å². The molecule has 21 heavy (non-hydrogen) atoms. The molecule has 0 aromatic rings. The Kier molecular flexibility index (Phi) is 7.98. The van der Waals surface area contributed by atoms with Crippen molar-refractivity contribution in [3.63, 3.8) is 0 Å². The first kappa shape index (κ1) is 18.2. The van der Waals surface area contributed by atoms with Gasteiger partial charge in [0.1, 0.15) is 0 Å². The zero-order valence-corrected chi connectivity index (χ0v) is 14.1. The topological polar surface area (TPSA) is 71.2 Å². The van der Waals surface area contributed by atoms with Crippen LogP contribution in [0, 0.1) is 16.0 Å². The first-order valence-corrected chi connectivity index (χ1v) is 8.50. The summed E-state index contributed by atoms with van der Waals surface area (Å²) in [6.45, 7) is 8.68. The van der Waals surface area contributed by atoms with Crippen LogP contribution in [0.1, 0.15) is 20.3 Å². The SMILES string of the molecule is CCN(CCN(C)C(=N[N+](=O)[O-])SC)CC1COC(C)C1. The molecule has 1 aliphatic heterocycles. The normalized spacial score (nSPS) is 22.8. The maximum atomic E-state index is 10.5. The Labute approximate surface area is 130 Å². The Morgan fingerprint density at radius 3 is 2.71 bits per heavy atom. The molecule has 1 aliphatic rings. The summed E-state index contributed by atoms with van der Waals surface area (Å²) >= 11 is 1.29. The number of hydrazone groups is 1. The summed E-state index contributed by atoms with van der Waals surface area (Å²) in [5.74, 6) is 0.595. The average Bonchev–Trinajstić information content (AvgIpc) is 2.85. The summed E-state index contributed by atoms with van der Waals surface area (Å²) < 4.78 is 5.60. The van der Waals surface area contributed by atoms with Crippen LogP contribution in [0.3, 0.4) is 0 Å². The van der Waals surface area contributed by atoms with E-state index in [4.69, 9.17) is 4.74 Å². The smallest absolute Gasteiger partial charge is 0.237 e. The third-order valence-corrected chi connectivity index (χ3v) is 4.43. The first-order chi connectivity index (χ1) is 9.96. The van der Waals surface area contributed by atoms with Crippen LogP contribution in [0.4, 0.5) is 0 Å². The summed E-state index contributed by atoms with van der Waals surface area (Å²) in [6.07, 6.45) is 3.28. The minimum absolute atomic E-state index is 0.367. The molecule has 0 aromatic heterocycles. The molecule has 0 aliphatic carbocycles. The van der Waals surface area contributed by atoms with Gasteiger partial charge >= 0.3 is 0 Å². The molecule has 7 nitrogen and oxygen atoms in total. The van der Waals surface area contributed by atoms with Crippen LogP contribution in [-0.4, -0.2) is 72.2 Å². The number of likely N-dealkylation sites (N-methyl/N-ethyl adjacent to an activating group) is 2. The van der Waals surface area contributed by atoms with Crippen molar-refractivity contribution in [3.8, 4) is 0 Å². The van der Waals surface area contributed by atoms with E-state index in [-0.39, 0.29) is 0 Å². The lowest BCUT2D eigenvalue weighted by atomic mass is 10.1. The number of hydrogen-bond acceptors (Lipinski definition) is 5. The van der Waals surface area contributed by atoms with Crippen molar-refractivity contribution in [2.45, 2.75) is 26.4 Å². The van der Waals surface area contributed by atoms with E-state index in [1.807, 2.05) is 11.9 Å². The van der Waals surface area contributed by atoms with E-state index in [0.29, 0.717) is 17.2 Å². The highest BCUT2D eigenvalue weighted by molar-refractivity contribution is 8.13. The minimum Gasteiger partial charge on any atom is -0.378 e. The van der Waals surface area contributed by atoms with Gasteiger partial charge in [0, 0.05) is 26.7 Å². The van der Waals surface area contributed by atoms with E-state index >= 15 is 0 Å². The monoisotopic (exact) mass is 318 g/mol. The van der Waals surface area contributed by atoms with E-state index in [1.165, 1.54) is 11.8 Å². The van der Waals surface area contributed by atoms with Crippen molar-refractivity contribution < 1.29 is 9.77 Å². The van der Waals surface area contributed by atoms with E-state index in [1.54, 1.807) is 6.26 Å². The number of nitro groups is 1. The molecule has 0 radical (unpaired) electrons. The Balaban J connectivity index is 2.41. The van der Waals surface area contributed by atoms with Gasteiger partial charge in [-0.15, -0.1) is 0 Å². The number of thioether (sulfide) groups is 1. The number of ether oxygens (including phenoxy) is 1. The van der Waals surface area contributed by atoms with Crippen LogP contribution in [0.25, 0.3) is 0 Å². The summed E-state index contributed by atoms with van der Waals surface area (Å²) in [7, 11) is 1.84. The van der Waals surface area contributed by atoms with E-state index in [2.05, 4.69) is 23.8 Å². The lowest BCUT2D eigenvalue weighted by Gasteiger charge is -2.26. The van der Waals surface area contributed by atoms with Crippen molar-refractivity contribution in [1.29, 1.82) is 0 Å². The maximum absolute atomic E-state index is 10.5. The summed E-state index contributed by atoms with van der Waals surface area (Å²) in [5, 5.41) is 13.7. The molecule has 0 spiro atoms. The first-order valence-electron chi connectivity index (χ1n) is 7.28. The standard InChI is InChI=1S/C13H26N4O3S/c1-5-16(9-12-8-11(2)20-10-12)7-6-15(3)13(21-4)14-17(18)19/h11-12H,5-10H2,1-4H3. The molecule has 0 aromatic carbocycles.